The van der Waals surface area contributed by atoms with E-state index in [0.717, 1.165) is 10.5 Å². The van der Waals surface area contributed by atoms with E-state index >= 15 is 0 Å². The average molecular weight is 518 g/mol. The molecule has 2 aliphatic rings. The fraction of sp³-hybridized carbons (Fsp3) is 0.273. The standard InChI is InChI=1S/C22H19IN2O5/c1-14-18(26)25(13-15-7-3-2-4-8-15)22(14,21(29)30-23)11-12-24-19(27)16-9-5-6-10-17(16)20(24)28/h2-10,14H,11-13H2,1H3/t14-,22+/m0/s1. The van der Waals surface area contributed by atoms with Crippen molar-refractivity contribution in [3.05, 3.63) is 71.3 Å². The molecule has 2 atom stereocenters. The van der Waals surface area contributed by atoms with Crippen molar-refractivity contribution >= 4 is 46.7 Å². The molecular weight excluding hydrogens is 499 g/mol. The van der Waals surface area contributed by atoms with E-state index in [2.05, 4.69) is 0 Å². The van der Waals surface area contributed by atoms with Crippen molar-refractivity contribution in [2.75, 3.05) is 6.54 Å². The van der Waals surface area contributed by atoms with E-state index in [1.54, 1.807) is 31.2 Å². The molecule has 0 bridgehead atoms. The Hall–Kier alpha value is -2.75. The second kappa shape index (κ2) is 7.82. The van der Waals surface area contributed by atoms with Crippen molar-refractivity contribution in [1.82, 2.24) is 9.80 Å². The van der Waals surface area contributed by atoms with Crippen LogP contribution in [-0.4, -0.2) is 45.6 Å². The second-order valence-corrected chi connectivity index (χ2v) is 7.92. The number of benzene rings is 2. The van der Waals surface area contributed by atoms with Crippen LogP contribution in [0.1, 0.15) is 39.6 Å². The van der Waals surface area contributed by atoms with Crippen LogP contribution >= 0.6 is 23.0 Å². The Kier molecular flexibility index (Phi) is 5.35. The van der Waals surface area contributed by atoms with Crippen LogP contribution in [0.4, 0.5) is 0 Å². The zero-order valence-corrected chi connectivity index (χ0v) is 18.4. The molecule has 3 amide bonds. The van der Waals surface area contributed by atoms with Crippen LogP contribution in [0.3, 0.4) is 0 Å². The summed E-state index contributed by atoms with van der Waals surface area (Å²) in [6.45, 7) is 1.94. The predicted octanol–water partition coefficient (Wildman–Crippen LogP) is 2.98. The van der Waals surface area contributed by atoms with Crippen molar-refractivity contribution in [2.45, 2.75) is 25.4 Å². The Balaban J connectivity index is 1.60. The van der Waals surface area contributed by atoms with Gasteiger partial charge >= 0.3 is 5.97 Å². The summed E-state index contributed by atoms with van der Waals surface area (Å²) >= 11 is 1.52. The highest BCUT2D eigenvalue weighted by molar-refractivity contribution is 14.1. The van der Waals surface area contributed by atoms with Gasteiger partial charge in [0.15, 0.2) is 28.5 Å². The van der Waals surface area contributed by atoms with Gasteiger partial charge in [-0.3, -0.25) is 19.3 Å². The molecule has 4 rings (SSSR count). The number of carbonyl (C=O) groups excluding carboxylic acids is 4. The quantitative estimate of drug-likeness (QED) is 0.334. The lowest BCUT2D eigenvalue weighted by molar-refractivity contribution is -0.185. The molecule has 2 heterocycles. The lowest BCUT2D eigenvalue weighted by atomic mass is 9.71. The average Bonchev–Trinajstić information content (AvgIpc) is 3.03. The van der Waals surface area contributed by atoms with Crippen LogP contribution in [0.2, 0.25) is 0 Å². The van der Waals surface area contributed by atoms with E-state index in [4.69, 9.17) is 3.07 Å². The van der Waals surface area contributed by atoms with E-state index < -0.39 is 17.4 Å². The zero-order chi connectivity index (χ0) is 21.5. The fourth-order valence-electron chi connectivity index (χ4n) is 4.32. The molecule has 0 N–H and O–H groups in total. The Morgan fingerprint density at radius 1 is 1.00 bits per heavy atom. The molecule has 7 nitrogen and oxygen atoms in total. The van der Waals surface area contributed by atoms with Gasteiger partial charge < -0.3 is 7.97 Å². The molecule has 0 unspecified atom stereocenters. The first-order valence-electron chi connectivity index (χ1n) is 9.55. The summed E-state index contributed by atoms with van der Waals surface area (Å²) in [5.74, 6) is -2.10. The molecule has 1 saturated heterocycles. The van der Waals surface area contributed by atoms with E-state index in [-0.39, 0.29) is 37.2 Å². The molecule has 8 heteroatoms. The van der Waals surface area contributed by atoms with Gasteiger partial charge in [0.05, 0.1) is 17.0 Å². The maximum absolute atomic E-state index is 12.8. The first kappa shape index (κ1) is 20.5. The molecule has 0 saturated carbocycles. The summed E-state index contributed by atoms with van der Waals surface area (Å²) in [4.78, 5) is 53.5. The molecule has 0 aromatic heterocycles. The molecule has 0 spiro atoms. The van der Waals surface area contributed by atoms with Crippen LogP contribution in [-0.2, 0) is 19.2 Å². The van der Waals surface area contributed by atoms with Crippen molar-refractivity contribution in [3.63, 3.8) is 0 Å². The molecule has 2 aromatic rings. The number of imide groups is 1. The van der Waals surface area contributed by atoms with Crippen molar-refractivity contribution in [3.8, 4) is 0 Å². The third-order valence-electron chi connectivity index (χ3n) is 6.04. The summed E-state index contributed by atoms with van der Waals surface area (Å²) in [5, 5.41) is 0. The van der Waals surface area contributed by atoms with Gasteiger partial charge in [-0.1, -0.05) is 49.4 Å². The highest BCUT2D eigenvalue weighted by Gasteiger charge is 2.63. The lowest BCUT2D eigenvalue weighted by Gasteiger charge is -2.54. The van der Waals surface area contributed by atoms with Crippen LogP contribution in [0.15, 0.2) is 54.6 Å². The summed E-state index contributed by atoms with van der Waals surface area (Å²) in [5.41, 5.74) is 0.353. The Morgan fingerprint density at radius 2 is 1.57 bits per heavy atom. The number of amides is 3. The van der Waals surface area contributed by atoms with Crippen molar-refractivity contribution < 1.29 is 22.2 Å². The molecule has 0 radical (unpaired) electrons. The third kappa shape index (κ3) is 3.01. The molecule has 1 fully saturated rings. The van der Waals surface area contributed by atoms with Gasteiger partial charge in [-0.05, 0) is 17.7 Å². The number of hydrogen-bond acceptors (Lipinski definition) is 5. The molecule has 154 valence electrons. The minimum atomic E-state index is -1.23. The van der Waals surface area contributed by atoms with Crippen LogP contribution in [0.25, 0.3) is 0 Å². The molecular formula is C22H19IN2O5. The third-order valence-corrected chi connectivity index (χ3v) is 6.44. The summed E-state index contributed by atoms with van der Waals surface area (Å²) in [6, 6.07) is 16.0. The second-order valence-electron chi connectivity index (χ2n) is 7.48. The first-order valence-corrected chi connectivity index (χ1v) is 10.4. The predicted molar refractivity (Wildman–Crippen MR) is 115 cm³/mol. The van der Waals surface area contributed by atoms with Crippen LogP contribution < -0.4 is 0 Å². The van der Waals surface area contributed by atoms with Gasteiger partial charge in [0.25, 0.3) is 11.8 Å². The van der Waals surface area contributed by atoms with Gasteiger partial charge in [0.1, 0.15) is 0 Å². The minimum absolute atomic E-state index is 0.0149. The fourth-order valence-corrected chi connectivity index (χ4v) is 4.70. The van der Waals surface area contributed by atoms with Gasteiger partial charge in [0, 0.05) is 19.5 Å². The Morgan fingerprint density at radius 3 is 2.13 bits per heavy atom. The number of nitrogens with zero attached hydrogens (tertiary/aromatic N) is 2. The monoisotopic (exact) mass is 518 g/mol. The first-order chi connectivity index (χ1) is 14.4. The van der Waals surface area contributed by atoms with E-state index in [0.29, 0.717) is 11.1 Å². The highest BCUT2D eigenvalue weighted by Crippen LogP contribution is 2.43. The lowest BCUT2D eigenvalue weighted by Crippen LogP contribution is -2.74. The van der Waals surface area contributed by atoms with E-state index in [1.807, 2.05) is 30.3 Å². The number of β-lactam (4-membered cyclic amide) rings is 1. The molecule has 2 aromatic carbocycles. The molecule has 2 aliphatic heterocycles. The smallest absolute Gasteiger partial charge is 0.342 e. The highest BCUT2D eigenvalue weighted by atomic mass is 127. The minimum Gasteiger partial charge on any atom is -0.393 e. The summed E-state index contributed by atoms with van der Waals surface area (Å²) < 4.78 is 5.02. The summed E-state index contributed by atoms with van der Waals surface area (Å²) in [7, 11) is 0. The molecule has 0 aliphatic carbocycles. The number of carbonyl (C=O) groups is 4. The van der Waals surface area contributed by atoms with Gasteiger partial charge in [0.2, 0.25) is 5.91 Å². The maximum atomic E-state index is 12.8. The van der Waals surface area contributed by atoms with Gasteiger partial charge in [-0.15, -0.1) is 0 Å². The maximum Gasteiger partial charge on any atom is 0.342 e. The van der Waals surface area contributed by atoms with Crippen molar-refractivity contribution in [2.24, 2.45) is 5.92 Å². The van der Waals surface area contributed by atoms with E-state index in [1.165, 1.54) is 27.9 Å². The summed E-state index contributed by atoms with van der Waals surface area (Å²) in [6.07, 6.45) is 0.111. The normalized spacial score (nSPS) is 22.7. The number of fused-ring (bicyclic) bond motifs is 1. The largest absolute Gasteiger partial charge is 0.393 e. The van der Waals surface area contributed by atoms with Gasteiger partial charge in [-0.25, -0.2) is 4.79 Å². The zero-order valence-electron chi connectivity index (χ0n) is 16.2. The molecule has 30 heavy (non-hydrogen) atoms. The number of likely N-dealkylation sites (tertiary alicyclic amines) is 1. The van der Waals surface area contributed by atoms with Crippen LogP contribution in [0, 0.1) is 5.92 Å². The van der Waals surface area contributed by atoms with E-state index in [9.17, 15) is 19.2 Å². The van der Waals surface area contributed by atoms with Gasteiger partial charge in [-0.2, -0.15) is 0 Å². The topological polar surface area (TPSA) is 84.0 Å². The SMILES string of the molecule is C[C@H]1C(=O)N(Cc2ccccc2)[C@@]1(CCN1C(=O)c2ccccc2C1=O)C(=O)OI. The number of hydrogen-bond donors (Lipinski definition) is 0. The Labute approximate surface area is 187 Å². The van der Waals surface area contributed by atoms with Crippen molar-refractivity contribution in [1.29, 1.82) is 0 Å². The number of halogens is 1. The Bertz CT molecular complexity index is 1010. The van der Waals surface area contributed by atoms with Crippen LogP contribution in [0.5, 0.6) is 0 Å². The number of rotatable bonds is 6.